The molecule has 3 heteroatoms. The molecule has 0 spiro atoms. The number of hydrogen-bond acceptors (Lipinski definition) is 3. The molecule has 1 heterocycles. The predicted octanol–water partition coefficient (Wildman–Crippen LogP) is 3.08. The van der Waals surface area contributed by atoms with E-state index < -0.39 is 0 Å². The lowest BCUT2D eigenvalue weighted by molar-refractivity contribution is 0.171. The predicted molar refractivity (Wildman–Crippen MR) is 76.0 cm³/mol. The maximum Gasteiger partial charge on any atom is 0.161 e. The van der Waals surface area contributed by atoms with Crippen LogP contribution in [0.1, 0.15) is 43.9 Å². The average molecular weight is 261 g/mol. The summed E-state index contributed by atoms with van der Waals surface area (Å²) in [5.74, 6) is 2.60. The van der Waals surface area contributed by atoms with Crippen LogP contribution >= 0.6 is 0 Å². The van der Waals surface area contributed by atoms with Crippen LogP contribution in [-0.4, -0.2) is 19.8 Å². The smallest absolute Gasteiger partial charge is 0.161 e. The van der Waals surface area contributed by atoms with E-state index in [1.165, 1.54) is 24.0 Å². The summed E-state index contributed by atoms with van der Waals surface area (Å²) < 4.78 is 11.4. The number of hydrogen-bond donors (Lipinski definition) is 1. The van der Waals surface area contributed by atoms with E-state index in [0.29, 0.717) is 19.3 Å². The first-order chi connectivity index (χ1) is 9.28. The zero-order valence-corrected chi connectivity index (χ0v) is 11.9. The van der Waals surface area contributed by atoms with Gasteiger partial charge < -0.3 is 14.8 Å². The van der Waals surface area contributed by atoms with Crippen molar-refractivity contribution in [1.82, 2.24) is 5.32 Å². The summed E-state index contributed by atoms with van der Waals surface area (Å²) in [6, 6.07) is 4.86. The molecule has 3 nitrogen and oxygen atoms in total. The van der Waals surface area contributed by atoms with Gasteiger partial charge in [0.1, 0.15) is 13.2 Å². The van der Waals surface area contributed by atoms with Gasteiger partial charge in [-0.15, -0.1) is 0 Å². The van der Waals surface area contributed by atoms with Crippen molar-refractivity contribution < 1.29 is 9.47 Å². The van der Waals surface area contributed by atoms with Gasteiger partial charge in [-0.05, 0) is 55.0 Å². The molecule has 0 radical (unpaired) electrons. The van der Waals surface area contributed by atoms with Gasteiger partial charge in [0.25, 0.3) is 0 Å². The zero-order valence-electron chi connectivity index (χ0n) is 11.9. The Hall–Kier alpha value is -1.22. The Labute approximate surface area is 115 Å². The van der Waals surface area contributed by atoms with Crippen molar-refractivity contribution in [2.45, 2.75) is 39.2 Å². The zero-order chi connectivity index (χ0) is 13.2. The van der Waals surface area contributed by atoms with Crippen molar-refractivity contribution in [2.24, 2.45) is 5.92 Å². The van der Waals surface area contributed by atoms with Gasteiger partial charge in [-0.2, -0.15) is 0 Å². The number of aryl methyl sites for hydroxylation is 1. The van der Waals surface area contributed by atoms with Crippen LogP contribution in [0.25, 0.3) is 0 Å². The molecule has 1 N–H and O–H groups in total. The number of ether oxygens (including phenoxy) is 2. The molecule has 2 aliphatic rings. The van der Waals surface area contributed by atoms with E-state index in [2.05, 4.69) is 31.3 Å². The van der Waals surface area contributed by atoms with Crippen LogP contribution in [0.5, 0.6) is 11.5 Å². The normalized spacial score (nSPS) is 25.6. The van der Waals surface area contributed by atoms with Crippen LogP contribution in [0.2, 0.25) is 0 Å². The van der Waals surface area contributed by atoms with Gasteiger partial charge >= 0.3 is 0 Å². The van der Waals surface area contributed by atoms with Crippen molar-refractivity contribution in [3.8, 4) is 11.5 Å². The molecule has 2 unspecified atom stereocenters. The maximum atomic E-state index is 5.73. The second-order valence-electron chi connectivity index (χ2n) is 5.68. The van der Waals surface area contributed by atoms with Crippen molar-refractivity contribution in [2.75, 3.05) is 19.8 Å². The summed E-state index contributed by atoms with van der Waals surface area (Å²) in [6.07, 6.45) is 3.62. The first kappa shape index (κ1) is 12.8. The topological polar surface area (TPSA) is 30.5 Å². The Balaban J connectivity index is 1.99. The van der Waals surface area contributed by atoms with Crippen molar-refractivity contribution in [3.05, 3.63) is 23.3 Å². The van der Waals surface area contributed by atoms with Crippen LogP contribution in [-0.2, 0) is 6.42 Å². The third-order valence-electron chi connectivity index (χ3n) is 4.17. The lowest BCUT2D eigenvalue weighted by Crippen LogP contribution is -2.23. The quantitative estimate of drug-likeness (QED) is 0.830. The Morgan fingerprint density at radius 1 is 1.21 bits per heavy atom. The largest absolute Gasteiger partial charge is 0.486 e. The molecule has 104 valence electrons. The minimum absolute atomic E-state index is 0.452. The molecule has 0 fully saturated rings. The minimum atomic E-state index is 0.452. The molecule has 0 aromatic heterocycles. The molecule has 1 aromatic rings. The van der Waals surface area contributed by atoms with E-state index >= 15 is 0 Å². The lowest BCUT2D eigenvalue weighted by atomic mass is 9.96. The number of benzene rings is 1. The van der Waals surface area contributed by atoms with E-state index in [1.54, 1.807) is 0 Å². The highest BCUT2D eigenvalue weighted by molar-refractivity contribution is 5.49. The molecule has 1 aliphatic carbocycles. The first-order valence-corrected chi connectivity index (χ1v) is 7.43. The third kappa shape index (κ3) is 2.57. The van der Waals surface area contributed by atoms with Gasteiger partial charge in [0.2, 0.25) is 0 Å². The highest BCUT2D eigenvalue weighted by Crippen LogP contribution is 2.39. The second-order valence-corrected chi connectivity index (χ2v) is 5.68. The molecule has 0 saturated carbocycles. The monoisotopic (exact) mass is 261 g/mol. The fourth-order valence-electron chi connectivity index (χ4n) is 3.18. The molecule has 2 atom stereocenters. The summed E-state index contributed by atoms with van der Waals surface area (Å²) >= 11 is 0. The van der Waals surface area contributed by atoms with Gasteiger partial charge in [0.15, 0.2) is 11.5 Å². The fraction of sp³-hybridized carbons (Fsp3) is 0.625. The molecular formula is C16H23NO2. The fourth-order valence-corrected chi connectivity index (χ4v) is 3.18. The molecule has 19 heavy (non-hydrogen) atoms. The minimum Gasteiger partial charge on any atom is -0.486 e. The van der Waals surface area contributed by atoms with Crippen LogP contribution in [0, 0.1) is 5.92 Å². The van der Waals surface area contributed by atoms with Crippen LogP contribution in [0.3, 0.4) is 0 Å². The summed E-state index contributed by atoms with van der Waals surface area (Å²) in [5, 5.41) is 3.62. The van der Waals surface area contributed by atoms with Gasteiger partial charge in [0, 0.05) is 6.04 Å². The van der Waals surface area contributed by atoms with Gasteiger partial charge in [-0.25, -0.2) is 0 Å². The summed E-state index contributed by atoms with van der Waals surface area (Å²) in [7, 11) is 0. The second kappa shape index (κ2) is 5.41. The molecule has 0 saturated heterocycles. The Kier molecular flexibility index (Phi) is 3.65. The van der Waals surface area contributed by atoms with E-state index in [4.69, 9.17) is 9.47 Å². The lowest BCUT2D eigenvalue weighted by Gasteiger charge is -2.24. The SMILES string of the molecule is CCNC1CC(C)CCc2cc3c(cc21)OCCO3. The Morgan fingerprint density at radius 2 is 1.95 bits per heavy atom. The van der Waals surface area contributed by atoms with E-state index in [0.717, 1.165) is 30.4 Å². The van der Waals surface area contributed by atoms with E-state index in [1.807, 2.05) is 0 Å². The summed E-state index contributed by atoms with van der Waals surface area (Å²) in [5.41, 5.74) is 2.84. The highest BCUT2D eigenvalue weighted by atomic mass is 16.6. The summed E-state index contributed by atoms with van der Waals surface area (Å²) in [4.78, 5) is 0. The van der Waals surface area contributed by atoms with Crippen molar-refractivity contribution >= 4 is 0 Å². The maximum absolute atomic E-state index is 5.73. The van der Waals surface area contributed by atoms with Crippen LogP contribution in [0.4, 0.5) is 0 Å². The standard InChI is InChI=1S/C16H23NO2/c1-3-17-14-8-11(2)4-5-12-9-15-16(10-13(12)14)19-7-6-18-15/h9-11,14,17H,3-8H2,1-2H3. The van der Waals surface area contributed by atoms with E-state index in [9.17, 15) is 0 Å². The van der Waals surface area contributed by atoms with Crippen LogP contribution < -0.4 is 14.8 Å². The first-order valence-electron chi connectivity index (χ1n) is 7.43. The summed E-state index contributed by atoms with van der Waals surface area (Å²) in [6.45, 7) is 6.86. The van der Waals surface area contributed by atoms with Crippen LogP contribution in [0.15, 0.2) is 12.1 Å². The molecule has 3 rings (SSSR count). The van der Waals surface area contributed by atoms with Gasteiger partial charge in [-0.3, -0.25) is 0 Å². The number of fused-ring (bicyclic) bond motifs is 2. The highest BCUT2D eigenvalue weighted by Gasteiger charge is 2.25. The third-order valence-corrected chi connectivity index (χ3v) is 4.17. The molecule has 0 bridgehead atoms. The average Bonchev–Trinajstić information content (AvgIpc) is 2.57. The number of rotatable bonds is 2. The Bertz CT molecular complexity index is 458. The van der Waals surface area contributed by atoms with Crippen molar-refractivity contribution in [3.63, 3.8) is 0 Å². The Morgan fingerprint density at radius 3 is 2.68 bits per heavy atom. The molecule has 1 aromatic carbocycles. The van der Waals surface area contributed by atoms with Gasteiger partial charge in [-0.1, -0.05) is 13.8 Å². The number of nitrogens with one attached hydrogen (secondary N) is 1. The van der Waals surface area contributed by atoms with Gasteiger partial charge in [0.05, 0.1) is 0 Å². The molecule has 1 aliphatic heterocycles. The van der Waals surface area contributed by atoms with Crippen molar-refractivity contribution in [1.29, 1.82) is 0 Å². The van der Waals surface area contributed by atoms with E-state index in [-0.39, 0.29) is 0 Å². The molecular weight excluding hydrogens is 238 g/mol. The molecule has 0 amide bonds.